The molecule has 2 heterocycles. The second kappa shape index (κ2) is 10.5. The highest BCUT2D eigenvalue weighted by atomic mass is 35.5. The smallest absolute Gasteiger partial charge is 0.241 e. The Morgan fingerprint density at radius 3 is 2.20 bits per heavy atom. The maximum absolute atomic E-state index is 14.6. The molecule has 7 rings (SSSR count). The number of phenols is 1. The summed E-state index contributed by atoms with van der Waals surface area (Å²) in [5, 5.41) is 12.0. The molecule has 2 aliphatic heterocycles. The number of allylic oxidation sites excluding steroid dienone is 2. The number of rotatable bonds is 5. The first-order valence-electron chi connectivity index (χ1n) is 14.8. The molecule has 1 N–H and O–H groups in total. The molecule has 0 bridgehead atoms. The van der Waals surface area contributed by atoms with Crippen LogP contribution in [0.1, 0.15) is 31.2 Å². The molecular weight excluding hydrogens is 596 g/mol. The van der Waals surface area contributed by atoms with E-state index in [4.69, 9.17) is 21.1 Å². The Morgan fingerprint density at radius 2 is 1.53 bits per heavy atom. The summed E-state index contributed by atoms with van der Waals surface area (Å²) in [7, 11) is 2.93. The minimum absolute atomic E-state index is 0.158. The summed E-state index contributed by atoms with van der Waals surface area (Å²) in [6, 6.07) is 18.4. The quantitative estimate of drug-likeness (QED) is 0.294. The summed E-state index contributed by atoms with van der Waals surface area (Å²) in [5.74, 6) is -4.54. The third-order valence-electron chi connectivity index (χ3n) is 10.2. The topological polar surface area (TPSA) is 113 Å². The third kappa shape index (κ3) is 4.06. The Morgan fingerprint density at radius 1 is 0.844 bits per heavy atom. The number of para-hydroxylation sites is 1. The van der Waals surface area contributed by atoms with Gasteiger partial charge in [-0.3, -0.25) is 24.1 Å². The maximum atomic E-state index is 14.6. The molecule has 1 saturated carbocycles. The molecule has 45 heavy (non-hydrogen) atoms. The Kier molecular flexibility index (Phi) is 6.78. The lowest BCUT2D eigenvalue weighted by atomic mass is 9.51. The lowest BCUT2D eigenvalue weighted by Crippen LogP contribution is -2.49. The van der Waals surface area contributed by atoms with Gasteiger partial charge in [-0.15, -0.1) is 0 Å². The molecule has 2 aliphatic carbocycles. The molecule has 6 unspecified atom stereocenters. The van der Waals surface area contributed by atoms with E-state index in [1.807, 2.05) is 6.08 Å². The van der Waals surface area contributed by atoms with Gasteiger partial charge in [-0.2, -0.15) is 0 Å². The Balaban J connectivity index is 1.41. The molecule has 4 aliphatic rings. The number of anilines is 2. The van der Waals surface area contributed by atoms with E-state index >= 15 is 0 Å². The van der Waals surface area contributed by atoms with Crippen molar-refractivity contribution in [2.24, 2.45) is 29.1 Å². The zero-order valence-electron chi connectivity index (χ0n) is 24.9. The average molecular weight is 627 g/mol. The Hall–Kier alpha value is -4.63. The largest absolute Gasteiger partial charge is 0.507 e. The van der Waals surface area contributed by atoms with Crippen LogP contribution in [-0.2, 0) is 19.2 Å². The maximum Gasteiger partial charge on any atom is 0.241 e. The van der Waals surface area contributed by atoms with Crippen LogP contribution in [0.2, 0.25) is 5.02 Å². The summed E-state index contributed by atoms with van der Waals surface area (Å²) >= 11 is 6.08. The van der Waals surface area contributed by atoms with Gasteiger partial charge in [0.05, 0.1) is 48.8 Å². The van der Waals surface area contributed by atoms with Crippen LogP contribution in [0.3, 0.4) is 0 Å². The predicted molar refractivity (Wildman–Crippen MR) is 166 cm³/mol. The first-order valence-corrected chi connectivity index (χ1v) is 15.2. The van der Waals surface area contributed by atoms with E-state index in [2.05, 4.69) is 0 Å². The Labute approximate surface area is 265 Å². The molecule has 3 aromatic rings. The van der Waals surface area contributed by atoms with E-state index in [1.165, 1.54) is 30.1 Å². The number of halogens is 1. The van der Waals surface area contributed by atoms with Crippen LogP contribution < -0.4 is 19.3 Å². The molecule has 0 spiro atoms. The summed E-state index contributed by atoms with van der Waals surface area (Å²) in [6.07, 6.45) is 2.40. The monoisotopic (exact) mass is 626 g/mol. The van der Waals surface area contributed by atoms with Gasteiger partial charge in [-0.05, 0) is 62.1 Å². The highest BCUT2D eigenvalue weighted by Crippen LogP contribution is 2.65. The number of methoxy groups -OCH3 is 2. The van der Waals surface area contributed by atoms with Crippen LogP contribution in [0.25, 0.3) is 0 Å². The van der Waals surface area contributed by atoms with Crippen LogP contribution >= 0.6 is 11.6 Å². The predicted octanol–water partition coefficient (Wildman–Crippen LogP) is 5.50. The number of carbonyl (C=O) groups is 4. The lowest BCUT2D eigenvalue weighted by molar-refractivity contribution is -0.131. The van der Waals surface area contributed by atoms with Crippen molar-refractivity contribution >= 4 is 46.6 Å². The normalized spacial score (nSPS) is 28.9. The molecule has 0 radical (unpaired) electrons. The first-order chi connectivity index (χ1) is 21.6. The third-order valence-corrected chi connectivity index (χ3v) is 10.5. The Bertz CT molecular complexity index is 1790. The van der Waals surface area contributed by atoms with Crippen molar-refractivity contribution < 1.29 is 33.8 Å². The molecule has 2 saturated heterocycles. The fraction of sp³-hybridized carbons (Fsp3) is 0.314. The van der Waals surface area contributed by atoms with Crippen molar-refractivity contribution in [3.8, 4) is 17.2 Å². The van der Waals surface area contributed by atoms with Crippen molar-refractivity contribution in [2.45, 2.75) is 25.7 Å². The van der Waals surface area contributed by atoms with E-state index in [0.717, 1.165) is 5.57 Å². The number of ether oxygens (including phenoxy) is 2. The van der Waals surface area contributed by atoms with Crippen molar-refractivity contribution in [2.75, 3.05) is 24.0 Å². The molecule has 230 valence electrons. The summed E-state index contributed by atoms with van der Waals surface area (Å²) in [4.78, 5) is 59.3. The molecule has 6 atom stereocenters. The first kappa shape index (κ1) is 29.1. The number of hydrogen-bond donors (Lipinski definition) is 1. The summed E-state index contributed by atoms with van der Waals surface area (Å²) in [6.45, 7) is 1.76. The molecule has 3 fully saturated rings. The van der Waals surface area contributed by atoms with E-state index in [9.17, 15) is 24.3 Å². The second-order valence-electron chi connectivity index (χ2n) is 12.2. The zero-order valence-corrected chi connectivity index (χ0v) is 25.7. The van der Waals surface area contributed by atoms with Crippen molar-refractivity contribution in [3.63, 3.8) is 0 Å². The van der Waals surface area contributed by atoms with Gasteiger partial charge >= 0.3 is 0 Å². The van der Waals surface area contributed by atoms with Crippen molar-refractivity contribution in [1.29, 1.82) is 0 Å². The van der Waals surface area contributed by atoms with Crippen LogP contribution in [-0.4, -0.2) is 43.0 Å². The van der Waals surface area contributed by atoms with Gasteiger partial charge in [-0.25, -0.2) is 4.90 Å². The SMILES string of the molecule is COc1cc(O)c(C2C3=CCC4C(=O)N(c5ccc(Cl)cc5)C(=O)C4C3CC3C(=O)N(c4ccccc4)C(=O)C32C)c(OC)c1. The van der Waals surface area contributed by atoms with Gasteiger partial charge in [0.1, 0.15) is 17.2 Å². The van der Waals surface area contributed by atoms with E-state index in [0.29, 0.717) is 27.7 Å². The van der Waals surface area contributed by atoms with Gasteiger partial charge in [0, 0.05) is 28.6 Å². The van der Waals surface area contributed by atoms with Gasteiger partial charge in [-0.1, -0.05) is 41.4 Å². The van der Waals surface area contributed by atoms with Crippen molar-refractivity contribution in [3.05, 3.63) is 89.0 Å². The van der Waals surface area contributed by atoms with E-state index < -0.39 is 40.9 Å². The minimum atomic E-state index is -1.33. The van der Waals surface area contributed by atoms with Gasteiger partial charge in [0.2, 0.25) is 23.6 Å². The fourth-order valence-electron chi connectivity index (χ4n) is 8.16. The second-order valence-corrected chi connectivity index (χ2v) is 12.7. The number of benzene rings is 3. The van der Waals surface area contributed by atoms with Crippen LogP contribution in [0.4, 0.5) is 11.4 Å². The van der Waals surface area contributed by atoms with E-state index in [-0.39, 0.29) is 42.1 Å². The number of fused-ring (bicyclic) bond motifs is 4. The van der Waals surface area contributed by atoms with Gasteiger partial charge in [0.15, 0.2) is 0 Å². The van der Waals surface area contributed by atoms with Crippen molar-refractivity contribution in [1.82, 2.24) is 0 Å². The molecular formula is C35H31ClN2O7. The molecule has 3 aromatic carbocycles. The molecule has 0 aromatic heterocycles. The van der Waals surface area contributed by atoms with Gasteiger partial charge < -0.3 is 14.6 Å². The standard InChI is InChI=1S/C35H31ClN2O7/c1-35-25(32(41)38(34(35)43)19-7-5-4-6-8-19)17-24-22(30(35)29-26(39)15-21(44-2)16-27(29)45-3)13-14-23-28(24)33(42)37(31(23)40)20-11-9-18(36)10-12-20/h4-13,15-16,23-25,28,30,39H,14,17H2,1-3H3. The fourth-order valence-corrected chi connectivity index (χ4v) is 8.28. The number of nitrogens with zero attached hydrogens (tertiary/aromatic N) is 2. The molecule has 4 amide bonds. The zero-order chi connectivity index (χ0) is 31.8. The number of phenolic OH excluding ortho intramolecular Hbond substituents is 1. The number of aromatic hydroxyl groups is 1. The van der Waals surface area contributed by atoms with Crippen LogP contribution in [0, 0.1) is 29.1 Å². The number of imide groups is 2. The number of hydrogen-bond acceptors (Lipinski definition) is 7. The molecule has 9 nitrogen and oxygen atoms in total. The number of carbonyl (C=O) groups excluding carboxylic acids is 4. The molecule has 10 heteroatoms. The summed E-state index contributed by atoms with van der Waals surface area (Å²) in [5.41, 5.74) is 0.623. The minimum Gasteiger partial charge on any atom is -0.507 e. The highest BCUT2D eigenvalue weighted by Gasteiger charge is 2.68. The van der Waals surface area contributed by atoms with Crippen LogP contribution in [0.15, 0.2) is 78.4 Å². The van der Waals surface area contributed by atoms with Gasteiger partial charge in [0.25, 0.3) is 0 Å². The van der Waals surface area contributed by atoms with E-state index in [1.54, 1.807) is 67.6 Å². The highest BCUT2D eigenvalue weighted by molar-refractivity contribution is 6.31. The summed E-state index contributed by atoms with van der Waals surface area (Å²) < 4.78 is 11.1. The van der Waals surface area contributed by atoms with Crippen LogP contribution in [0.5, 0.6) is 17.2 Å². The number of amides is 4. The average Bonchev–Trinajstić information content (AvgIpc) is 3.41. The lowest BCUT2D eigenvalue weighted by Gasteiger charge is -2.49.